The van der Waals surface area contributed by atoms with Gasteiger partial charge in [-0.3, -0.25) is 11.7 Å². The number of urea groups is 1. The molecule has 0 radical (unpaired) electrons. The van der Waals surface area contributed by atoms with E-state index in [1.165, 1.54) is 0 Å². The summed E-state index contributed by atoms with van der Waals surface area (Å²) in [4.78, 5) is 21.7. The van der Waals surface area contributed by atoms with Gasteiger partial charge in [-0.05, 0) is 4.92 Å². The van der Waals surface area contributed by atoms with Gasteiger partial charge in [0.05, 0.1) is 5.11 Å². The SMILES string of the molecule is NN.O=C1N=NC([N+](=O)[O-])=N1. The fraction of sp³-hybridized carbons (Fsp3) is 0. The second-order valence-electron chi connectivity index (χ2n) is 1.15. The minimum absolute atomic E-state index is 0.750. The first-order valence-corrected chi connectivity index (χ1v) is 2.22. The minimum atomic E-state index is -0.929. The van der Waals surface area contributed by atoms with E-state index in [9.17, 15) is 14.9 Å². The molecule has 0 saturated heterocycles. The van der Waals surface area contributed by atoms with Crippen LogP contribution in [0.5, 0.6) is 0 Å². The van der Waals surface area contributed by atoms with Gasteiger partial charge >= 0.3 is 12.0 Å². The zero-order valence-electron chi connectivity index (χ0n) is 5.17. The monoisotopic (exact) mass is 160 g/mol. The molecule has 60 valence electrons. The third kappa shape index (κ3) is 2.55. The predicted molar refractivity (Wildman–Crippen MR) is 33.1 cm³/mol. The largest absolute Gasteiger partial charge is 0.496 e. The normalized spacial score (nSPS) is 13.6. The number of hydrazine groups is 1. The van der Waals surface area contributed by atoms with Crippen LogP contribution in [0.1, 0.15) is 0 Å². The van der Waals surface area contributed by atoms with E-state index in [4.69, 9.17) is 0 Å². The van der Waals surface area contributed by atoms with Gasteiger partial charge in [-0.2, -0.15) is 0 Å². The molecular formula is C2H4N6O3. The number of hydrogen-bond acceptors (Lipinski definition) is 6. The van der Waals surface area contributed by atoms with Gasteiger partial charge in [0.15, 0.2) is 0 Å². The van der Waals surface area contributed by atoms with Gasteiger partial charge in [0.1, 0.15) is 0 Å². The Hall–Kier alpha value is -1.74. The number of nitrogens with two attached hydrogens (primary N) is 2. The van der Waals surface area contributed by atoms with Crippen molar-refractivity contribution in [3.63, 3.8) is 0 Å². The molecule has 4 N–H and O–H groups in total. The first-order chi connectivity index (χ1) is 5.20. The summed E-state index contributed by atoms with van der Waals surface area (Å²) in [5.74, 6) is 7.25. The van der Waals surface area contributed by atoms with Crippen molar-refractivity contribution in [3.05, 3.63) is 10.1 Å². The molecule has 1 aliphatic rings. The summed E-state index contributed by atoms with van der Waals surface area (Å²) < 4.78 is 0. The third-order valence-corrected chi connectivity index (χ3v) is 0.584. The molecule has 0 saturated carbocycles. The Morgan fingerprint density at radius 2 is 1.91 bits per heavy atom. The van der Waals surface area contributed by atoms with Crippen molar-refractivity contribution in [2.75, 3.05) is 0 Å². The highest BCUT2D eigenvalue weighted by Crippen LogP contribution is 1.97. The number of hydrogen-bond donors (Lipinski definition) is 2. The Morgan fingerprint density at radius 3 is 2.09 bits per heavy atom. The van der Waals surface area contributed by atoms with E-state index in [1.807, 2.05) is 0 Å². The molecule has 9 nitrogen and oxygen atoms in total. The highest BCUT2D eigenvalue weighted by molar-refractivity contribution is 5.93. The van der Waals surface area contributed by atoms with Crippen LogP contribution in [0.2, 0.25) is 0 Å². The van der Waals surface area contributed by atoms with Crippen LogP contribution in [0.4, 0.5) is 4.79 Å². The Morgan fingerprint density at radius 1 is 1.36 bits per heavy atom. The van der Waals surface area contributed by atoms with Gasteiger partial charge in [-0.25, -0.2) is 4.79 Å². The van der Waals surface area contributed by atoms with Gasteiger partial charge in [-0.1, -0.05) is 0 Å². The summed E-state index contributed by atoms with van der Waals surface area (Å²) in [6.45, 7) is 0. The molecule has 0 unspecified atom stereocenters. The maximum atomic E-state index is 10.0. The molecule has 1 rings (SSSR count). The Balaban J connectivity index is 0.000000461. The van der Waals surface area contributed by atoms with E-state index in [0.717, 1.165) is 0 Å². The lowest BCUT2D eigenvalue weighted by Crippen LogP contribution is -2.05. The molecule has 0 spiro atoms. The zero-order valence-corrected chi connectivity index (χ0v) is 5.17. The van der Waals surface area contributed by atoms with Gasteiger partial charge in [0.2, 0.25) is 0 Å². The van der Waals surface area contributed by atoms with E-state index < -0.39 is 16.9 Å². The van der Waals surface area contributed by atoms with Crippen molar-refractivity contribution < 1.29 is 9.72 Å². The Labute approximate surface area is 59.9 Å². The molecule has 2 amide bonds. The average molecular weight is 160 g/mol. The Kier molecular flexibility index (Phi) is 3.48. The molecule has 0 aromatic carbocycles. The van der Waals surface area contributed by atoms with E-state index in [-0.39, 0.29) is 0 Å². The number of nitro groups is 1. The van der Waals surface area contributed by atoms with E-state index in [2.05, 4.69) is 26.9 Å². The summed E-state index contributed by atoms with van der Waals surface area (Å²) in [7, 11) is 0. The quantitative estimate of drug-likeness (QED) is 0.265. The summed E-state index contributed by atoms with van der Waals surface area (Å²) >= 11 is 0. The number of carbonyl (C=O) groups is 1. The summed E-state index contributed by atoms with van der Waals surface area (Å²) in [5.41, 5.74) is 0. The van der Waals surface area contributed by atoms with Crippen LogP contribution >= 0.6 is 0 Å². The molecule has 0 bridgehead atoms. The maximum Gasteiger partial charge on any atom is 0.496 e. The highest BCUT2D eigenvalue weighted by Gasteiger charge is 2.23. The first kappa shape index (κ1) is 9.26. The molecule has 0 aliphatic carbocycles. The van der Waals surface area contributed by atoms with Crippen molar-refractivity contribution in [1.82, 2.24) is 0 Å². The first-order valence-electron chi connectivity index (χ1n) is 2.22. The number of nitrogens with zero attached hydrogens (tertiary/aromatic N) is 4. The number of aliphatic imine (C=N–C) groups is 1. The van der Waals surface area contributed by atoms with Crippen molar-refractivity contribution in [2.24, 2.45) is 26.9 Å². The maximum absolute atomic E-state index is 10.0. The molecule has 1 aliphatic heterocycles. The fourth-order valence-corrected chi connectivity index (χ4v) is 0.295. The van der Waals surface area contributed by atoms with Gasteiger partial charge in [-0.15, -0.1) is 0 Å². The van der Waals surface area contributed by atoms with Crippen molar-refractivity contribution in [2.45, 2.75) is 0 Å². The zero-order chi connectivity index (χ0) is 8.85. The minimum Gasteiger partial charge on any atom is -0.390 e. The number of carbonyl (C=O) groups excluding carboxylic acids is 1. The van der Waals surface area contributed by atoms with Gasteiger partial charge in [0, 0.05) is 10.1 Å². The van der Waals surface area contributed by atoms with Gasteiger partial charge in [0.25, 0.3) is 0 Å². The standard InChI is InChI=1S/C2N4O3.H4N2/c7-2-3-1(4-5-2)6(8)9;1-2/h;1-2H2. The number of rotatable bonds is 0. The second-order valence-corrected chi connectivity index (χ2v) is 1.15. The fourth-order valence-electron chi connectivity index (χ4n) is 0.295. The molecular weight excluding hydrogens is 156 g/mol. The van der Waals surface area contributed by atoms with Crippen molar-refractivity contribution in [3.8, 4) is 0 Å². The van der Waals surface area contributed by atoms with Crippen LogP contribution in [0.15, 0.2) is 15.2 Å². The lowest BCUT2D eigenvalue weighted by atomic mass is 11.0. The van der Waals surface area contributed by atoms with Gasteiger partial charge < -0.3 is 10.1 Å². The number of guanidine groups is 1. The van der Waals surface area contributed by atoms with E-state index >= 15 is 0 Å². The second kappa shape index (κ2) is 4.14. The molecule has 1 heterocycles. The summed E-state index contributed by atoms with van der Waals surface area (Å²) in [6, 6.07) is -0.929. The van der Waals surface area contributed by atoms with Crippen molar-refractivity contribution >= 4 is 12.0 Å². The van der Waals surface area contributed by atoms with Crippen LogP contribution in [0, 0.1) is 10.1 Å². The molecule has 0 fully saturated rings. The van der Waals surface area contributed by atoms with E-state index in [1.54, 1.807) is 0 Å². The topological polar surface area (TPSA) is 149 Å². The lowest BCUT2D eigenvalue weighted by Gasteiger charge is -1.82. The van der Waals surface area contributed by atoms with E-state index in [0.29, 0.717) is 0 Å². The highest BCUT2D eigenvalue weighted by atomic mass is 16.6. The van der Waals surface area contributed by atoms with Crippen LogP contribution in [0.25, 0.3) is 0 Å². The van der Waals surface area contributed by atoms with Crippen LogP contribution < -0.4 is 11.7 Å². The number of amides is 2. The predicted octanol–water partition coefficient (Wildman–Crippen LogP) is -0.976. The lowest BCUT2D eigenvalue weighted by molar-refractivity contribution is -0.351. The molecule has 11 heavy (non-hydrogen) atoms. The van der Waals surface area contributed by atoms with Crippen molar-refractivity contribution in [1.29, 1.82) is 0 Å². The average Bonchev–Trinajstić information content (AvgIpc) is 2.40. The molecule has 0 aromatic heterocycles. The Bertz CT molecular complexity index is 230. The molecule has 9 heteroatoms. The van der Waals surface area contributed by atoms with Crippen LogP contribution in [-0.2, 0) is 0 Å². The molecule has 0 atom stereocenters. The smallest absolute Gasteiger partial charge is 0.390 e. The third-order valence-electron chi connectivity index (χ3n) is 0.584. The number of azo groups is 1. The summed E-state index contributed by atoms with van der Waals surface area (Å²) in [6.07, 6.45) is 0. The summed E-state index contributed by atoms with van der Waals surface area (Å²) in [5, 5.41) is 15.3. The van der Waals surface area contributed by atoms with Crippen LogP contribution in [-0.4, -0.2) is 16.9 Å². The molecule has 0 aromatic rings. The van der Waals surface area contributed by atoms with Crippen LogP contribution in [0.3, 0.4) is 0 Å².